The van der Waals surface area contributed by atoms with E-state index in [0.29, 0.717) is 12.2 Å². The third kappa shape index (κ3) is 3.84. The fraction of sp³-hybridized carbons (Fsp3) is 0.529. The minimum Gasteiger partial charge on any atom is -0.386 e. The average molecular weight is 323 g/mol. The largest absolute Gasteiger partial charge is 0.386 e. The predicted octanol–water partition coefficient (Wildman–Crippen LogP) is 3.58. The quantitative estimate of drug-likeness (QED) is 0.825. The van der Waals surface area contributed by atoms with Gasteiger partial charge in [0.2, 0.25) is 0 Å². The second kappa shape index (κ2) is 7.51. The zero-order valence-electron chi connectivity index (χ0n) is 12.6. The topological polar surface area (TPSA) is 32.7 Å². The Morgan fingerprint density at radius 1 is 1.27 bits per heavy atom. The fourth-order valence-corrected chi connectivity index (χ4v) is 3.71. The molecular formula is C17H22FNO2S. The molecule has 5 heteroatoms. The van der Waals surface area contributed by atoms with Crippen LogP contribution in [0, 0.1) is 5.82 Å². The zero-order valence-corrected chi connectivity index (χ0v) is 13.4. The highest BCUT2D eigenvalue weighted by atomic mass is 32.1. The van der Waals surface area contributed by atoms with E-state index in [1.165, 1.54) is 36.7 Å². The number of benzene rings is 1. The highest BCUT2D eigenvalue weighted by Gasteiger charge is 2.15. The highest BCUT2D eigenvalue weighted by molar-refractivity contribution is 7.17. The van der Waals surface area contributed by atoms with Gasteiger partial charge in [0, 0.05) is 16.8 Å². The first kappa shape index (κ1) is 15.9. The molecule has 2 aromatic rings. The first-order chi connectivity index (χ1) is 10.7. The van der Waals surface area contributed by atoms with Crippen molar-refractivity contribution in [2.24, 2.45) is 0 Å². The molecule has 2 heterocycles. The van der Waals surface area contributed by atoms with E-state index in [-0.39, 0.29) is 12.4 Å². The van der Waals surface area contributed by atoms with Crippen LogP contribution in [0.4, 0.5) is 4.39 Å². The molecule has 3 rings (SSSR count). The normalized spacial score (nSPS) is 17.9. The van der Waals surface area contributed by atoms with Gasteiger partial charge in [-0.3, -0.25) is 0 Å². The predicted molar refractivity (Wildman–Crippen MR) is 87.9 cm³/mol. The second-order valence-corrected chi connectivity index (χ2v) is 6.77. The summed E-state index contributed by atoms with van der Waals surface area (Å²) in [5.41, 5.74) is 0.323. The van der Waals surface area contributed by atoms with Crippen molar-refractivity contribution in [1.29, 1.82) is 0 Å². The number of piperidine rings is 1. The molecule has 1 aliphatic rings. The summed E-state index contributed by atoms with van der Waals surface area (Å²) >= 11 is 1.50. The SMILES string of the molecule is OC(COCCN1CCCCC1)c1cc2ccsc2cc1F. The molecule has 0 saturated carbocycles. The number of halogens is 1. The van der Waals surface area contributed by atoms with Crippen molar-refractivity contribution in [3.8, 4) is 0 Å². The zero-order chi connectivity index (χ0) is 15.4. The van der Waals surface area contributed by atoms with Crippen LogP contribution in [0.25, 0.3) is 10.1 Å². The molecule has 1 aliphatic heterocycles. The van der Waals surface area contributed by atoms with Crippen molar-refractivity contribution in [3.63, 3.8) is 0 Å². The van der Waals surface area contributed by atoms with Gasteiger partial charge in [-0.2, -0.15) is 0 Å². The first-order valence-electron chi connectivity index (χ1n) is 7.89. The Labute approximate surface area is 134 Å². The summed E-state index contributed by atoms with van der Waals surface area (Å²) in [5.74, 6) is -0.359. The van der Waals surface area contributed by atoms with Crippen molar-refractivity contribution in [2.45, 2.75) is 25.4 Å². The molecule has 1 atom stereocenters. The molecule has 0 radical (unpaired) electrons. The van der Waals surface area contributed by atoms with Gasteiger partial charge in [-0.15, -0.1) is 11.3 Å². The Morgan fingerprint density at radius 2 is 2.09 bits per heavy atom. The Morgan fingerprint density at radius 3 is 2.91 bits per heavy atom. The Balaban J connectivity index is 1.50. The molecule has 0 spiro atoms. The van der Waals surface area contributed by atoms with Gasteiger partial charge in [-0.05, 0) is 54.9 Å². The lowest BCUT2D eigenvalue weighted by atomic mass is 10.1. The summed E-state index contributed by atoms with van der Waals surface area (Å²) < 4.78 is 20.5. The third-order valence-electron chi connectivity index (χ3n) is 4.21. The van der Waals surface area contributed by atoms with Crippen LogP contribution >= 0.6 is 11.3 Å². The Kier molecular flexibility index (Phi) is 5.41. The molecule has 1 fully saturated rings. The Hall–Kier alpha value is -1.01. The lowest BCUT2D eigenvalue weighted by molar-refractivity contribution is 0.0231. The van der Waals surface area contributed by atoms with Gasteiger partial charge in [0.05, 0.1) is 13.2 Å². The smallest absolute Gasteiger partial charge is 0.130 e. The minimum atomic E-state index is -0.911. The maximum Gasteiger partial charge on any atom is 0.130 e. The average Bonchev–Trinajstić information content (AvgIpc) is 2.98. The third-order valence-corrected chi connectivity index (χ3v) is 5.09. The number of aliphatic hydroxyl groups excluding tert-OH is 1. The van der Waals surface area contributed by atoms with Gasteiger partial charge in [-0.25, -0.2) is 4.39 Å². The molecule has 1 aromatic heterocycles. The van der Waals surface area contributed by atoms with E-state index in [0.717, 1.165) is 29.7 Å². The number of rotatable bonds is 6. The Bertz CT molecular complexity index is 610. The van der Waals surface area contributed by atoms with Gasteiger partial charge >= 0.3 is 0 Å². The summed E-state index contributed by atoms with van der Waals surface area (Å²) in [4.78, 5) is 2.38. The molecule has 120 valence electrons. The van der Waals surface area contributed by atoms with Crippen LogP contribution in [-0.4, -0.2) is 42.9 Å². The number of ether oxygens (including phenoxy) is 1. The van der Waals surface area contributed by atoms with E-state index in [4.69, 9.17) is 4.74 Å². The summed E-state index contributed by atoms with van der Waals surface area (Å²) in [5, 5.41) is 13.1. The molecule has 1 unspecified atom stereocenters. The monoisotopic (exact) mass is 323 g/mol. The number of hydrogen-bond donors (Lipinski definition) is 1. The highest BCUT2D eigenvalue weighted by Crippen LogP contribution is 2.27. The van der Waals surface area contributed by atoms with Crippen LogP contribution in [0.15, 0.2) is 23.6 Å². The van der Waals surface area contributed by atoms with E-state index in [9.17, 15) is 9.50 Å². The van der Waals surface area contributed by atoms with Gasteiger partial charge in [-0.1, -0.05) is 6.42 Å². The number of hydrogen-bond acceptors (Lipinski definition) is 4. The molecule has 0 aliphatic carbocycles. The van der Waals surface area contributed by atoms with Crippen molar-refractivity contribution in [1.82, 2.24) is 4.90 Å². The summed E-state index contributed by atoms with van der Waals surface area (Å²) in [6.07, 6.45) is 2.93. The van der Waals surface area contributed by atoms with Crippen LogP contribution in [0.5, 0.6) is 0 Å². The number of thiophene rings is 1. The summed E-state index contributed by atoms with van der Waals surface area (Å²) in [7, 11) is 0. The summed E-state index contributed by atoms with van der Waals surface area (Å²) in [6.45, 7) is 3.88. The lowest BCUT2D eigenvalue weighted by Crippen LogP contribution is -2.33. The van der Waals surface area contributed by atoms with Crippen molar-refractivity contribution in [3.05, 3.63) is 35.0 Å². The van der Waals surface area contributed by atoms with E-state index in [2.05, 4.69) is 4.90 Å². The number of nitrogens with zero attached hydrogens (tertiary/aromatic N) is 1. The molecule has 1 saturated heterocycles. The molecule has 3 nitrogen and oxygen atoms in total. The summed E-state index contributed by atoms with van der Waals surface area (Å²) in [6, 6.07) is 5.15. The van der Waals surface area contributed by atoms with Crippen molar-refractivity contribution in [2.75, 3.05) is 32.8 Å². The van der Waals surface area contributed by atoms with Gasteiger partial charge in [0.1, 0.15) is 11.9 Å². The molecular weight excluding hydrogens is 301 g/mol. The number of aliphatic hydroxyl groups is 1. The van der Waals surface area contributed by atoms with Crippen LogP contribution in [0.1, 0.15) is 30.9 Å². The van der Waals surface area contributed by atoms with Crippen LogP contribution in [0.3, 0.4) is 0 Å². The molecule has 0 amide bonds. The molecule has 1 aromatic carbocycles. The van der Waals surface area contributed by atoms with Crippen LogP contribution in [0.2, 0.25) is 0 Å². The second-order valence-electron chi connectivity index (χ2n) is 5.83. The van der Waals surface area contributed by atoms with Crippen LogP contribution < -0.4 is 0 Å². The van der Waals surface area contributed by atoms with E-state index in [1.807, 2.05) is 11.4 Å². The van der Waals surface area contributed by atoms with E-state index in [1.54, 1.807) is 6.07 Å². The minimum absolute atomic E-state index is 0.139. The van der Waals surface area contributed by atoms with Gasteiger partial charge in [0.15, 0.2) is 0 Å². The fourth-order valence-electron chi connectivity index (χ4n) is 2.92. The molecule has 22 heavy (non-hydrogen) atoms. The van der Waals surface area contributed by atoms with Gasteiger partial charge in [0.25, 0.3) is 0 Å². The number of likely N-dealkylation sites (tertiary alicyclic amines) is 1. The maximum absolute atomic E-state index is 14.0. The maximum atomic E-state index is 14.0. The molecule has 1 N–H and O–H groups in total. The van der Waals surface area contributed by atoms with Crippen LogP contribution in [-0.2, 0) is 4.74 Å². The van der Waals surface area contributed by atoms with E-state index < -0.39 is 6.10 Å². The van der Waals surface area contributed by atoms with Crippen molar-refractivity contribution < 1.29 is 14.2 Å². The first-order valence-corrected chi connectivity index (χ1v) is 8.77. The standard InChI is InChI=1S/C17H22FNO2S/c18-15-11-17-13(4-9-22-17)10-14(15)16(20)12-21-8-7-19-5-2-1-3-6-19/h4,9-11,16,20H,1-3,5-8,12H2. The van der Waals surface area contributed by atoms with E-state index >= 15 is 0 Å². The lowest BCUT2D eigenvalue weighted by Gasteiger charge is -2.26. The number of fused-ring (bicyclic) bond motifs is 1. The molecule has 0 bridgehead atoms. The van der Waals surface area contributed by atoms with Gasteiger partial charge < -0.3 is 14.7 Å². The van der Waals surface area contributed by atoms with Crippen molar-refractivity contribution >= 4 is 21.4 Å².